The van der Waals surface area contributed by atoms with Crippen LogP contribution in [0.15, 0.2) is 48.5 Å². The molecule has 5 nitrogen and oxygen atoms in total. The van der Waals surface area contributed by atoms with Gasteiger partial charge in [-0.1, -0.05) is 30.3 Å². The number of nitrogens with zero attached hydrogens (tertiary/aromatic N) is 1. The summed E-state index contributed by atoms with van der Waals surface area (Å²) in [5.74, 6) is -0.231. The fourth-order valence-electron chi connectivity index (χ4n) is 2.48. The highest BCUT2D eigenvalue weighted by molar-refractivity contribution is 6.03. The highest BCUT2D eigenvalue weighted by Crippen LogP contribution is 2.29. The van der Waals surface area contributed by atoms with Crippen LogP contribution < -0.4 is 15.5 Å². The van der Waals surface area contributed by atoms with Crippen molar-refractivity contribution in [2.45, 2.75) is 6.54 Å². The predicted octanol–water partition coefficient (Wildman–Crippen LogP) is 2.00. The van der Waals surface area contributed by atoms with Gasteiger partial charge in [0.1, 0.15) is 0 Å². The first-order valence-corrected chi connectivity index (χ1v) is 7.10. The van der Waals surface area contributed by atoms with E-state index in [0.717, 1.165) is 11.3 Å². The molecule has 0 fully saturated rings. The van der Waals surface area contributed by atoms with Crippen molar-refractivity contribution < 1.29 is 9.59 Å². The van der Waals surface area contributed by atoms with Gasteiger partial charge in [-0.2, -0.15) is 0 Å². The molecular weight excluding hydrogens is 278 g/mol. The lowest BCUT2D eigenvalue weighted by Crippen LogP contribution is -2.35. The Morgan fingerprint density at radius 2 is 2.00 bits per heavy atom. The molecule has 1 aliphatic heterocycles. The molecule has 112 valence electrons. The van der Waals surface area contributed by atoms with Crippen molar-refractivity contribution in [2.24, 2.45) is 0 Å². The van der Waals surface area contributed by atoms with E-state index in [2.05, 4.69) is 10.6 Å². The summed E-state index contributed by atoms with van der Waals surface area (Å²) < 4.78 is 0. The summed E-state index contributed by atoms with van der Waals surface area (Å²) in [5, 5.41) is 5.68. The number of likely N-dealkylation sites (N-methyl/N-ethyl adjacent to an activating group) is 1. The van der Waals surface area contributed by atoms with Crippen molar-refractivity contribution in [1.82, 2.24) is 5.32 Å². The van der Waals surface area contributed by atoms with E-state index in [9.17, 15) is 9.59 Å². The Labute approximate surface area is 128 Å². The number of fused-ring (bicyclic) bond motifs is 1. The summed E-state index contributed by atoms with van der Waals surface area (Å²) in [6.45, 7) is 0.801. The van der Waals surface area contributed by atoms with Gasteiger partial charge in [0, 0.05) is 19.2 Å². The molecule has 2 aromatic rings. The van der Waals surface area contributed by atoms with Gasteiger partial charge in [-0.05, 0) is 23.8 Å². The van der Waals surface area contributed by atoms with E-state index in [0.29, 0.717) is 24.3 Å². The van der Waals surface area contributed by atoms with E-state index in [1.165, 1.54) is 0 Å². The van der Waals surface area contributed by atoms with Crippen LogP contribution in [0.4, 0.5) is 11.4 Å². The molecule has 2 amide bonds. The van der Waals surface area contributed by atoms with Crippen molar-refractivity contribution in [3.8, 4) is 0 Å². The van der Waals surface area contributed by atoms with Gasteiger partial charge in [-0.3, -0.25) is 9.59 Å². The topological polar surface area (TPSA) is 61.4 Å². The van der Waals surface area contributed by atoms with Gasteiger partial charge in [0.25, 0.3) is 5.91 Å². The molecule has 0 saturated heterocycles. The van der Waals surface area contributed by atoms with Gasteiger partial charge < -0.3 is 15.5 Å². The van der Waals surface area contributed by atoms with Crippen molar-refractivity contribution >= 4 is 23.2 Å². The van der Waals surface area contributed by atoms with E-state index >= 15 is 0 Å². The number of nitrogens with one attached hydrogen (secondary N) is 2. The summed E-state index contributed by atoms with van der Waals surface area (Å²) in [6, 6.07) is 15.1. The number of rotatable bonds is 3. The van der Waals surface area contributed by atoms with Crippen LogP contribution >= 0.6 is 0 Å². The van der Waals surface area contributed by atoms with Crippen LogP contribution in [0.1, 0.15) is 15.9 Å². The monoisotopic (exact) mass is 295 g/mol. The third kappa shape index (κ3) is 2.93. The molecule has 2 N–H and O–H groups in total. The zero-order chi connectivity index (χ0) is 15.5. The lowest BCUT2D eigenvalue weighted by Gasteiger charge is -2.27. The van der Waals surface area contributed by atoms with E-state index in [1.54, 1.807) is 12.1 Å². The molecule has 2 aromatic carbocycles. The molecule has 1 aliphatic rings. The average Bonchev–Trinajstić information content (AvgIpc) is 2.53. The molecule has 0 radical (unpaired) electrons. The quantitative estimate of drug-likeness (QED) is 0.910. The molecule has 3 rings (SSSR count). The van der Waals surface area contributed by atoms with Crippen LogP contribution in [0.3, 0.4) is 0 Å². The second kappa shape index (κ2) is 5.89. The number of hydrogen-bond donors (Lipinski definition) is 2. The van der Waals surface area contributed by atoms with E-state index in [1.807, 2.05) is 48.3 Å². The largest absolute Gasteiger partial charge is 0.364 e. The number of carbonyl (C=O) groups is 2. The SMILES string of the molecule is CN1CC(=O)Nc2cc(C(=O)NCc3ccccc3)ccc21. The highest BCUT2D eigenvalue weighted by Gasteiger charge is 2.20. The Bertz CT molecular complexity index is 713. The zero-order valence-corrected chi connectivity index (χ0v) is 12.3. The highest BCUT2D eigenvalue weighted by atomic mass is 16.2. The minimum atomic E-state index is -0.158. The van der Waals surface area contributed by atoms with Gasteiger partial charge in [0.2, 0.25) is 5.91 Å². The maximum atomic E-state index is 12.2. The number of amides is 2. The van der Waals surface area contributed by atoms with Crippen molar-refractivity contribution in [1.29, 1.82) is 0 Å². The summed E-state index contributed by atoms with van der Waals surface area (Å²) in [4.78, 5) is 25.7. The van der Waals surface area contributed by atoms with E-state index in [4.69, 9.17) is 0 Å². The fraction of sp³-hybridized carbons (Fsp3) is 0.176. The molecule has 0 aliphatic carbocycles. The van der Waals surface area contributed by atoms with Crippen molar-refractivity contribution in [3.63, 3.8) is 0 Å². The Kier molecular flexibility index (Phi) is 3.78. The Morgan fingerprint density at radius 1 is 1.23 bits per heavy atom. The molecule has 0 aromatic heterocycles. The zero-order valence-electron chi connectivity index (χ0n) is 12.3. The van der Waals surface area contributed by atoms with Crippen LogP contribution in [-0.4, -0.2) is 25.4 Å². The summed E-state index contributed by atoms with van der Waals surface area (Å²) in [5.41, 5.74) is 3.16. The first-order chi connectivity index (χ1) is 10.6. The molecule has 0 saturated carbocycles. The first kappa shape index (κ1) is 14.1. The van der Waals surface area contributed by atoms with Gasteiger partial charge in [0.05, 0.1) is 17.9 Å². The number of anilines is 2. The summed E-state index contributed by atoms with van der Waals surface area (Å²) in [7, 11) is 1.85. The molecule has 22 heavy (non-hydrogen) atoms. The maximum absolute atomic E-state index is 12.2. The lowest BCUT2D eigenvalue weighted by molar-refractivity contribution is -0.115. The van der Waals surface area contributed by atoms with Gasteiger partial charge in [-0.15, -0.1) is 0 Å². The second-order valence-electron chi connectivity index (χ2n) is 5.30. The molecule has 0 atom stereocenters. The van der Waals surface area contributed by atoms with Crippen LogP contribution in [0.2, 0.25) is 0 Å². The minimum Gasteiger partial charge on any atom is -0.364 e. The average molecular weight is 295 g/mol. The van der Waals surface area contributed by atoms with Crippen molar-refractivity contribution in [3.05, 3.63) is 59.7 Å². The van der Waals surface area contributed by atoms with Crippen LogP contribution in [0.5, 0.6) is 0 Å². The number of benzene rings is 2. The second-order valence-corrected chi connectivity index (χ2v) is 5.30. The Morgan fingerprint density at radius 3 is 2.77 bits per heavy atom. The third-order valence-electron chi connectivity index (χ3n) is 3.62. The normalized spacial score (nSPS) is 13.3. The smallest absolute Gasteiger partial charge is 0.251 e. The third-order valence-corrected chi connectivity index (χ3v) is 3.62. The van der Waals surface area contributed by atoms with Gasteiger partial charge in [0.15, 0.2) is 0 Å². The van der Waals surface area contributed by atoms with Gasteiger partial charge >= 0.3 is 0 Å². The first-order valence-electron chi connectivity index (χ1n) is 7.10. The summed E-state index contributed by atoms with van der Waals surface area (Å²) in [6.07, 6.45) is 0. The van der Waals surface area contributed by atoms with Crippen LogP contribution in [0, 0.1) is 0 Å². The Hall–Kier alpha value is -2.82. The molecule has 1 heterocycles. The van der Waals surface area contributed by atoms with Crippen LogP contribution in [0.25, 0.3) is 0 Å². The number of carbonyl (C=O) groups excluding carboxylic acids is 2. The minimum absolute atomic E-state index is 0.0724. The predicted molar refractivity (Wildman–Crippen MR) is 86.0 cm³/mol. The van der Waals surface area contributed by atoms with E-state index in [-0.39, 0.29) is 11.8 Å². The molecular formula is C17H17N3O2. The van der Waals surface area contributed by atoms with E-state index < -0.39 is 0 Å². The van der Waals surface area contributed by atoms with Crippen LogP contribution in [-0.2, 0) is 11.3 Å². The maximum Gasteiger partial charge on any atom is 0.251 e. The standard InChI is InChI=1S/C17H17N3O2/c1-20-11-16(21)19-14-9-13(7-8-15(14)20)17(22)18-10-12-5-3-2-4-6-12/h2-9H,10-11H2,1H3,(H,18,22)(H,19,21). The molecule has 0 bridgehead atoms. The van der Waals surface area contributed by atoms with Gasteiger partial charge in [-0.25, -0.2) is 0 Å². The summed E-state index contributed by atoms with van der Waals surface area (Å²) >= 11 is 0. The molecule has 0 spiro atoms. The Balaban J connectivity index is 1.73. The lowest BCUT2D eigenvalue weighted by atomic mass is 10.1. The van der Waals surface area contributed by atoms with Crippen molar-refractivity contribution in [2.75, 3.05) is 23.8 Å². The number of hydrogen-bond acceptors (Lipinski definition) is 3. The molecule has 0 unspecified atom stereocenters. The molecule has 5 heteroatoms. The fourth-order valence-corrected chi connectivity index (χ4v) is 2.48.